The van der Waals surface area contributed by atoms with E-state index in [1.165, 1.54) is 6.20 Å². The number of amides is 1. The van der Waals surface area contributed by atoms with Crippen molar-refractivity contribution < 1.29 is 9.53 Å². The molecule has 4 nitrogen and oxygen atoms in total. The molecule has 1 N–H and O–H groups in total. The molecule has 1 heterocycles. The van der Waals surface area contributed by atoms with E-state index < -0.39 is 0 Å². The third-order valence-electron chi connectivity index (χ3n) is 3.06. The number of aromatic nitrogens is 1. The minimum absolute atomic E-state index is 0.258. The van der Waals surface area contributed by atoms with Crippen molar-refractivity contribution in [2.24, 2.45) is 0 Å². The fraction of sp³-hybridized carbons (Fsp3) is 0. The molecule has 5 heteroatoms. The lowest BCUT2D eigenvalue weighted by molar-refractivity contribution is 0.102. The van der Waals surface area contributed by atoms with Crippen LogP contribution in [0.1, 0.15) is 10.4 Å². The van der Waals surface area contributed by atoms with Crippen molar-refractivity contribution in [1.29, 1.82) is 0 Å². The van der Waals surface area contributed by atoms with E-state index in [1.807, 2.05) is 42.5 Å². The molecule has 0 aliphatic heterocycles. The number of nitrogens with one attached hydrogen (secondary N) is 1. The van der Waals surface area contributed by atoms with Gasteiger partial charge in [-0.15, -0.1) is 0 Å². The lowest BCUT2D eigenvalue weighted by atomic mass is 10.2. The summed E-state index contributed by atoms with van der Waals surface area (Å²) in [5.74, 6) is 1.12. The molecule has 0 unspecified atom stereocenters. The highest BCUT2D eigenvalue weighted by Crippen LogP contribution is 2.24. The molecule has 0 spiro atoms. The van der Waals surface area contributed by atoms with E-state index >= 15 is 0 Å². The standard InChI is InChI=1S/C18H13ClN2O2/c19-17-10-9-13(12-20-17)18(22)21-14-5-4-8-16(11-14)23-15-6-2-1-3-7-15/h1-12H,(H,21,22). The Kier molecular flexibility index (Phi) is 4.54. The normalized spacial score (nSPS) is 10.1. The Labute approximate surface area is 138 Å². The van der Waals surface area contributed by atoms with E-state index in [2.05, 4.69) is 10.3 Å². The quantitative estimate of drug-likeness (QED) is 0.703. The van der Waals surface area contributed by atoms with E-state index in [0.29, 0.717) is 22.2 Å². The summed E-state index contributed by atoms with van der Waals surface area (Å²) in [4.78, 5) is 16.1. The van der Waals surface area contributed by atoms with Crippen molar-refractivity contribution in [3.05, 3.63) is 83.6 Å². The number of halogens is 1. The van der Waals surface area contributed by atoms with Crippen molar-refractivity contribution >= 4 is 23.2 Å². The lowest BCUT2D eigenvalue weighted by Crippen LogP contribution is -2.12. The van der Waals surface area contributed by atoms with E-state index in [4.69, 9.17) is 16.3 Å². The number of nitrogens with zero attached hydrogens (tertiary/aromatic N) is 1. The fourth-order valence-electron chi connectivity index (χ4n) is 1.98. The van der Waals surface area contributed by atoms with Crippen LogP contribution in [-0.4, -0.2) is 10.9 Å². The predicted octanol–water partition coefficient (Wildman–Crippen LogP) is 4.78. The van der Waals surface area contributed by atoms with Gasteiger partial charge in [0.1, 0.15) is 16.7 Å². The van der Waals surface area contributed by atoms with Gasteiger partial charge in [0, 0.05) is 18.0 Å². The number of benzene rings is 2. The third-order valence-corrected chi connectivity index (χ3v) is 3.28. The lowest BCUT2D eigenvalue weighted by Gasteiger charge is -2.09. The minimum Gasteiger partial charge on any atom is -0.457 e. The molecule has 114 valence electrons. The monoisotopic (exact) mass is 324 g/mol. The van der Waals surface area contributed by atoms with E-state index in [1.54, 1.807) is 24.3 Å². The van der Waals surface area contributed by atoms with Crippen LogP contribution < -0.4 is 10.1 Å². The SMILES string of the molecule is O=C(Nc1cccc(Oc2ccccc2)c1)c1ccc(Cl)nc1. The highest BCUT2D eigenvalue weighted by molar-refractivity contribution is 6.29. The van der Waals surface area contributed by atoms with Crippen LogP contribution in [0.4, 0.5) is 5.69 Å². The summed E-state index contributed by atoms with van der Waals surface area (Å²) in [5.41, 5.74) is 1.07. The predicted molar refractivity (Wildman–Crippen MR) is 90.2 cm³/mol. The molecule has 3 aromatic rings. The first-order valence-corrected chi connectivity index (χ1v) is 7.34. The molecule has 0 radical (unpaired) electrons. The number of hydrogen-bond donors (Lipinski definition) is 1. The summed E-state index contributed by atoms with van der Waals surface area (Å²) >= 11 is 5.71. The Balaban J connectivity index is 1.72. The van der Waals surface area contributed by atoms with Crippen molar-refractivity contribution in [1.82, 2.24) is 4.98 Å². The van der Waals surface area contributed by atoms with Crippen molar-refractivity contribution in [3.63, 3.8) is 0 Å². The number of anilines is 1. The molecule has 1 amide bonds. The second-order valence-corrected chi connectivity index (χ2v) is 5.15. The topological polar surface area (TPSA) is 51.2 Å². The highest BCUT2D eigenvalue weighted by Gasteiger charge is 2.07. The van der Waals surface area contributed by atoms with E-state index in [0.717, 1.165) is 5.75 Å². The number of pyridine rings is 1. The summed E-state index contributed by atoms with van der Waals surface area (Å²) in [6, 6.07) is 19.8. The first kappa shape index (κ1) is 15.1. The van der Waals surface area contributed by atoms with Crippen molar-refractivity contribution in [3.8, 4) is 11.5 Å². The number of ether oxygens (including phenoxy) is 1. The van der Waals surface area contributed by atoms with Gasteiger partial charge in [-0.1, -0.05) is 35.9 Å². The molecule has 1 aromatic heterocycles. The molecule has 0 saturated heterocycles. The van der Waals surface area contributed by atoms with Crippen LogP contribution in [0.15, 0.2) is 72.9 Å². The average molecular weight is 325 g/mol. The number of carbonyl (C=O) groups is 1. The second kappa shape index (κ2) is 6.94. The summed E-state index contributed by atoms with van der Waals surface area (Å²) in [6.07, 6.45) is 1.43. The number of hydrogen-bond acceptors (Lipinski definition) is 3. The van der Waals surface area contributed by atoms with Gasteiger partial charge in [-0.25, -0.2) is 4.98 Å². The molecule has 2 aromatic carbocycles. The van der Waals surface area contributed by atoms with Crippen LogP contribution in [0.25, 0.3) is 0 Å². The van der Waals surface area contributed by atoms with E-state index in [9.17, 15) is 4.79 Å². The van der Waals surface area contributed by atoms with Gasteiger partial charge in [0.05, 0.1) is 5.56 Å². The van der Waals surface area contributed by atoms with Crippen LogP contribution in [0.5, 0.6) is 11.5 Å². The smallest absolute Gasteiger partial charge is 0.257 e. The average Bonchev–Trinajstić information content (AvgIpc) is 2.57. The molecule has 0 fully saturated rings. The summed E-state index contributed by atoms with van der Waals surface area (Å²) in [6.45, 7) is 0. The maximum atomic E-state index is 12.2. The van der Waals surface area contributed by atoms with Gasteiger partial charge in [0.25, 0.3) is 5.91 Å². The van der Waals surface area contributed by atoms with Crippen molar-refractivity contribution in [2.45, 2.75) is 0 Å². The van der Waals surface area contributed by atoms with Crippen LogP contribution in [-0.2, 0) is 0 Å². The molecule has 0 aliphatic rings. The minimum atomic E-state index is -0.258. The van der Waals surface area contributed by atoms with Gasteiger partial charge < -0.3 is 10.1 Å². The first-order valence-electron chi connectivity index (χ1n) is 6.96. The molecule has 23 heavy (non-hydrogen) atoms. The van der Waals surface area contributed by atoms with Gasteiger partial charge >= 0.3 is 0 Å². The third kappa shape index (κ3) is 4.08. The van der Waals surface area contributed by atoms with Crippen LogP contribution >= 0.6 is 11.6 Å². The van der Waals surface area contributed by atoms with Crippen LogP contribution in [0.2, 0.25) is 5.15 Å². The fourth-order valence-corrected chi connectivity index (χ4v) is 2.09. The Morgan fingerprint density at radius 3 is 2.48 bits per heavy atom. The van der Waals surface area contributed by atoms with Gasteiger partial charge in [-0.05, 0) is 36.4 Å². The first-order chi connectivity index (χ1) is 11.2. The molecule has 0 aliphatic carbocycles. The molecule has 3 rings (SSSR count). The van der Waals surface area contributed by atoms with Crippen LogP contribution in [0, 0.1) is 0 Å². The zero-order chi connectivity index (χ0) is 16.1. The molecule has 0 saturated carbocycles. The Hall–Kier alpha value is -2.85. The zero-order valence-corrected chi connectivity index (χ0v) is 12.8. The zero-order valence-electron chi connectivity index (χ0n) is 12.1. The van der Waals surface area contributed by atoms with Gasteiger partial charge in [0.2, 0.25) is 0 Å². The van der Waals surface area contributed by atoms with Gasteiger partial charge in [-0.2, -0.15) is 0 Å². The Morgan fingerprint density at radius 2 is 1.74 bits per heavy atom. The summed E-state index contributed by atoms with van der Waals surface area (Å²) in [5, 5.41) is 3.15. The van der Waals surface area contributed by atoms with E-state index in [-0.39, 0.29) is 5.91 Å². The number of para-hydroxylation sites is 1. The summed E-state index contributed by atoms with van der Waals surface area (Å²) in [7, 11) is 0. The van der Waals surface area contributed by atoms with Crippen molar-refractivity contribution in [2.75, 3.05) is 5.32 Å². The Bertz CT molecular complexity index is 805. The number of carbonyl (C=O) groups excluding carboxylic acids is 1. The molecule has 0 atom stereocenters. The maximum absolute atomic E-state index is 12.2. The molecule has 0 bridgehead atoms. The molecular weight excluding hydrogens is 312 g/mol. The summed E-state index contributed by atoms with van der Waals surface area (Å²) < 4.78 is 5.74. The maximum Gasteiger partial charge on any atom is 0.257 e. The number of rotatable bonds is 4. The van der Waals surface area contributed by atoms with Gasteiger partial charge in [-0.3, -0.25) is 4.79 Å². The second-order valence-electron chi connectivity index (χ2n) is 4.77. The largest absolute Gasteiger partial charge is 0.457 e. The molecular formula is C18H13ClN2O2. The van der Waals surface area contributed by atoms with Gasteiger partial charge in [0.15, 0.2) is 0 Å². The van der Waals surface area contributed by atoms with Crippen LogP contribution in [0.3, 0.4) is 0 Å². The highest BCUT2D eigenvalue weighted by atomic mass is 35.5. The Morgan fingerprint density at radius 1 is 0.957 bits per heavy atom.